The summed E-state index contributed by atoms with van der Waals surface area (Å²) in [5.74, 6) is -3.29. The maximum absolute atomic E-state index is 15.8. The number of benzene rings is 2. The molecule has 4 heterocycles. The SMILES string of the molecule is CC(OC(=O)CCC(=O)N1CCC(N2CCCCC2)CC1)OC(=O)O[C@@](Cn1cncn1)(c1ccc(F)cc1F)[C@@H](C)SC1COC(/C=C/C=C/c2ccc(C#N)cc2F)OC1. The second-order valence-corrected chi connectivity index (χ2v) is 17.0. The molecule has 18 heteroatoms. The van der Waals surface area contributed by atoms with E-state index in [-0.39, 0.29) is 54.9 Å². The van der Waals surface area contributed by atoms with Gasteiger partial charge in [-0.25, -0.2) is 27.6 Å². The number of ether oxygens (including phenoxy) is 5. The van der Waals surface area contributed by atoms with Gasteiger partial charge in [-0.1, -0.05) is 30.7 Å². The van der Waals surface area contributed by atoms with Gasteiger partial charge in [0, 0.05) is 54.9 Å². The third-order valence-electron chi connectivity index (χ3n) is 11.1. The van der Waals surface area contributed by atoms with E-state index in [1.54, 1.807) is 36.1 Å². The van der Waals surface area contributed by atoms with E-state index in [1.807, 2.05) is 6.07 Å². The van der Waals surface area contributed by atoms with Crippen LogP contribution in [0, 0.1) is 28.8 Å². The highest BCUT2D eigenvalue weighted by Gasteiger charge is 2.47. The zero-order chi connectivity index (χ0) is 44.1. The maximum atomic E-state index is 15.8. The van der Waals surface area contributed by atoms with Gasteiger partial charge in [-0.3, -0.25) is 9.59 Å². The summed E-state index contributed by atoms with van der Waals surface area (Å²) in [5, 5.41) is 11.9. The molecule has 1 aromatic heterocycles. The monoisotopic (exact) mass is 880 g/mol. The van der Waals surface area contributed by atoms with E-state index < -0.39 is 53.0 Å². The number of halogens is 3. The molecule has 0 spiro atoms. The molecule has 3 aliphatic heterocycles. The highest BCUT2D eigenvalue weighted by molar-refractivity contribution is 8.00. The van der Waals surface area contributed by atoms with Crippen LogP contribution >= 0.6 is 11.8 Å². The molecule has 0 saturated carbocycles. The molecule has 3 aromatic rings. The number of thioether (sulfide) groups is 1. The molecule has 0 N–H and O–H groups in total. The molecular formula is C44H51F3N6O8S. The van der Waals surface area contributed by atoms with Gasteiger partial charge in [0.2, 0.25) is 12.2 Å². The zero-order valence-electron chi connectivity index (χ0n) is 34.7. The van der Waals surface area contributed by atoms with E-state index in [0.717, 1.165) is 38.1 Å². The Hall–Kier alpha value is -5.22. The van der Waals surface area contributed by atoms with Gasteiger partial charge in [-0.15, -0.1) is 11.8 Å². The van der Waals surface area contributed by atoms with E-state index in [2.05, 4.69) is 15.0 Å². The minimum absolute atomic E-state index is 0.0617. The van der Waals surface area contributed by atoms with Crippen LogP contribution in [0.1, 0.15) is 75.5 Å². The smallest absolute Gasteiger partial charge is 0.425 e. The van der Waals surface area contributed by atoms with Crippen molar-refractivity contribution < 1.29 is 51.2 Å². The number of nitrogens with zero attached hydrogens (tertiary/aromatic N) is 6. The Kier molecular flexibility index (Phi) is 16.6. The normalized spacial score (nSPS) is 20.9. The predicted molar refractivity (Wildman–Crippen MR) is 221 cm³/mol. The topological polar surface area (TPSA) is 158 Å². The predicted octanol–water partition coefficient (Wildman–Crippen LogP) is 6.89. The number of nitriles is 1. The Labute approximate surface area is 363 Å². The van der Waals surface area contributed by atoms with Crippen molar-refractivity contribution in [3.05, 3.63) is 101 Å². The number of hydrogen-bond donors (Lipinski definition) is 0. The summed E-state index contributed by atoms with van der Waals surface area (Å²) in [7, 11) is 0. The number of likely N-dealkylation sites (tertiary alicyclic amines) is 2. The third kappa shape index (κ3) is 12.7. The summed E-state index contributed by atoms with van der Waals surface area (Å²) >= 11 is 1.26. The van der Waals surface area contributed by atoms with Gasteiger partial charge in [0.15, 0.2) is 11.9 Å². The molecule has 14 nitrogen and oxygen atoms in total. The van der Waals surface area contributed by atoms with Crippen molar-refractivity contribution in [2.24, 2.45) is 0 Å². The third-order valence-corrected chi connectivity index (χ3v) is 12.5. The lowest BCUT2D eigenvalue weighted by Gasteiger charge is -2.40. The molecule has 3 saturated heterocycles. The van der Waals surface area contributed by atoms with Crippen LogP contribution in [0.3, 0.4) is 0 Å². The highest BCUT2D eigenvalue weighted by atomic mass is 32.2. The lowest BCUT2D eigenvalue weighted by atomic mass is 9.89. The van der Waals surface area contributed by atoms with Gasteiger partial charge in [0.1, 0.15) is 30.1 Å². The van der Waals surface area contributed by atoms with Gasteiger partial charge in [-0.2, -0.15) is 10.4 Å². The second-order valence-electron chi connectivity index (χ2n) is 15.4. The Balaban J connectivity index is 1.05. The Morgan fingerprint density at radius 1 is 0.968 bits per heavy atom. The summed E-state index contributed by atoms with van der Waals surface area (Å²) in [5.41, 5.74) is -1.57. The number of amides is 1. The lowest BCUT2D eigenvalue weighted by molar-refractivity contribution is -0.172. The minimum atomic E-state index is -1.91. The van der Waals surface area contributed by atoms with Crippen molar-refractivity contribution in [2.45, 2.75) is 100 Å². The van der Waals surface area contributed by atoms with Crippen molar-refractivity contribution in [3.8, 4) is 6.07 Å². The van der Waals surface area contributed by atoms with Gasteiger partial charge in [0.25, 0.3) is 0 Å². The van der Waals surface area contributed by atoms with Crippen molar-refractivity contribution in [2.75, 3.05) is 39.4 Å². The molecule has 3 fully saturated rings. The number of piperidine rings is 2. The standard InChI is InChI=1S/C44H51F3N6O8S/c1-30(62-36-25-57-42(58-26-36)9-5-4-8-33-11-10-32(24-48)22-38(33)46)44(27-53-29-49-28-50-53,37-13-12-34(45)23-39(37)47)61-43(56)60-31(2)59-41(55)15-14-40(54)52-20-16-35(17-21-52)51-18-6-3-7-19-51/h4-5,8-13,22-23,28-31,35-36,42H,3,6-7,14-21,25-27H2,1-2H3/b8-4+,9-5+/t30-,31?,36?,42?,44-/m1/s1. The largest absolute Gasteiger partial charge is 0.512 e. The van der Waals surface area contributed by atoms with E-state index in [4.69, 9.17) is 28.9 Å². The fourth-order valence-electron chi connectivity index (χ4n) is 7.83. The molecule has 332 valence electrons. The molecule has 0 radical (unpaired) electrons. The quantitative estimate of drug-likeness (QED) is 0.0833. The van der Waals surface area contributed by atoms with Crippen LogP contribution in [-0.4, -0.2) is 111 Å². The first-order chi connectivity index (χ1) is 29.9. The molecule has 0 bridgehead atoms. The van der Waals surface area contributed by atoms with Crippen LogP contribution in [-0.2, 0) is 45.4 Å². The summed E-state index contributed by atoms with van der Waals surface area (Å²) in [6, 6.07) is 9.42. The van der Waals surface area contributed by atoms with Gasteiger partial charge in [-0.05, 0) is 76.0 Å². The van der Waals surface area contributed by atoms with Crippen molar-refractivity contribution in [1.29, 1.82) is 5.26 Å². The zero-order valence-corrected chi connectivity index (χ0v) is 35.5. The maximum Gasteiger partial charge on any atom is 0.512 e. The first-order valence-corrected chi connectivity index (χ1v) is 21.7. The van der Waals surface area contributed by atoms with Crippen LogP contribution < -0.4 is 0 Å². The molecule has 0 aliphatic carbocycles. The van der Waals surface area contributed by atoms with E-state index in [0.29, 0.717) is 30.8 Å². The van der Waals surface area contributed by atoms with E-state index in [1.165, 1.54) is 73.5 Å². The molecule has 1 unspecified atom stereocenters. The highest BCUT2D eigenvalue weighted by Crippen LogP contribution is 2.42. The Bertz CT molecular complexity index is 2080. The van der Waals surface area contributed by atoms with Crippen molar-refractivity contribution >= 4 is 35.9 Å². The van der Waals surface area contributed by atoms with Crippen molar-refractivity contribution in [1.82, 2.24) is 24.6 Å². The Morgan fingerprint density at radius 2 is 1.73 bits per heavy atom. The number of allylic oxidation sites excluding steroid dienone is 2. The minimum Gasteiger partial charge on any atom is -0.425 e. The lowest BCUT2D eigenvalue weighted by Crippen LogP contribution is -2.48. The number of rotatable bonds is 16. The van der Waals surface area contributed by atoms with E-state index in [9.17, 15) is 23.2 Å². The van der Waals surface area contributed by atoms with Gasteiger partial charge < -0.3 is 33.5 Å². The molecular weight excluding hydrogens is 830 g/mol. The molecule has 2 aromatic carbocycles. The average molecular weight is 881 g/mol. The summed E-state index contributed by atoms with van der Waals surface area (Å²) < 4.78 is 74.2. The fourth-order valence-corrected chi connectivity index (χ4v) is 9.19. The van der Waals surface area contributed by atoms with Crippen LogP contribution in [0.25, 0.3) is 6.08 Å². The number of carbonyl (C=O) groups is 3. The second kappa shape index (κ2) is 22.2. The molecule has 3 aliphatic rings. The molecule has 6 rings (SSSR count). The van der Waals surface area contributed by atoms with Crippen molar-refractivity contribution in [3.63, 3.8) is 0 Å². The number of carbonyl (C=O) groups excluding carboxylic acids is 3. The van der Waals surface area contributed by atoms with Gasteiger partial charge >= 0.3 is 12.1 Å². The first kappa shape index (κ1) is 46.3. The molecule has 1 amide bonds. The van der Waals surface area contributed by atoms with Crippen LogP contribution in [0.15, 0.2) is 67.3 Å². The number of hydrogen-bond acceptors (Lipinski definition) is 13. The van der Waals surface area contributed by atoms with Crippen LogP contribution in [0.2, 0.25) is 0 Å². The number of aromatic nitrogens is 3. The molecule has 62 heavy (non-hydrogen) atoms. The summed E-state index contributed by atoms with van der Waals surface area (Å²) in [6.07, 6.45) is 10.7. The number of esters is 1. The Morgan fingerprint density at radius 3 is 2.40 bits per heavy atom. The van der Waals surface area contributed by atoms with E-state index >= 15 is 4.39 Å². The fraction of sp³-hybridized carbons (Fsp3) is 0.500. The summed E-state index contributed by atoms with van der Waals surface area (Å²) in [6.45, 7) is 6.51. The van der Waals surface area contributed by atoms with Crippen LogP contribution in [0.4, 0.5) is 18.0 Å². The van der Waals surface area contributed by atoms with Gasteiger partial charge in [0.05, 0.1) is 43.1 Å². The average Bonchev–Trinajstić information content (AvgIpc) is 3.78. The summed E-state index contributed by atoms with van der Waals surface area (Å²) in [4.78, 5) is 47.6. The van der Waals surface area contributed by atoms with Crippen LogP contribution in [0.5, 0.6) is 0 Å². The first-order valence-electron chi connectivity index (χ1n) is 20.7. The molecule has 3 atom stereocenters.